The molecule has 0 saturated heterocycles. The Morgan fingerprint density at radius 1 is 1.06 bits per heavy atom. The molecule has 0 saturated carbocycles. The van der Waals surface area contributed by atoms with E-state index in [1.165, 1.54) is 11.1 Å². The molecule has 18 heavy (non-hydrogen) atoms. The molecule has 0 bridgehead atoms. The van der Waals surface area contributed by atoms with E-state index in [4.69, 9.17) is 4.74 Å². The quantitative estimate of drug-likeness (QED) is 0.562. The lowest BCUT2D eigenvalue weighted by molar-refractivity contribution is -0.131. The Morgan fingerprint density at radius 2 is 1.78 bits per heavy atom. The summed E-state index contributed by atoms with van der Waals surface area (Å²) in [7, 11) is 0. The normalized spacial score (nSPS) is 13.3. The van der Waals surface area contributed by atoms with Crippen molar-refractivity contribution in [3.8, 4) is 16.9 Å². The number of carbonyl (C=O) groups excluding carboxylic acids is 1. The summed E-state index contributed by atoms with van der Waals surface area (Å²) in [6.07, 6.45) is 0.374. The first kappa shape index (κ1) is 11.0. The van der Waals surface area contributed by atoms with Crippen LogP contribution in [0.1, 0.15) is 16.7 Å². The number of hydrogen-bond acceptors (Lipinski definition) is 2. The van der Waals surface area contributed by atoms with Crippen molar-refractivity contribution in [1.82, 2.24) is 0 Å². The van der Waals surface area contributed by atoms with Crippen LogP contribution in [0.5, 0.6) is 5.75 Å². The minimum Gasteiger partial charge on any atom is -0.426 e. The number of fused-ring (bicyclic) bond motifs is 1. The Bertz CT molecular complexity index is 621. The molecule has 0 amide bonds. The van der Waals surface area contributed by atoms with Gasteiger partial charge < -0.3 is 4.74 Å². The van der Waals surface area contributed by atoms with Crippen LogP contribution in [0.2, 0.25) is 0 Å². The Hall–Kier alpha value is -2.09. The van der Waals surface area contributed by atoms with Crippen LogP contribution in [-0.4, -0.2) is 5.97 Å². The average molecular weight is 238 g/mol. The number of benzene rings is 2. The number of hydrogen-bond donors (Lipinski definition) is 0. The molecule has 90 valence electrons. The Labute approximate surface area is 106 Å². The standard InChI is InChI=1S/C16H14O2/c1-10-6-11(2)8-12(7-10)13-4-3-5-15-14(13)9-16(17)18-15/h3-8H,9H2,1-2H3. The van der Waals surface area contributed by atoms with Crippen molar-refractivity contribution in [2.75, 3.05) is 0 Å². The van der Waals surface area contributed by atoms with Crippen molar-refractivity contribution in [2.24, 2.45) is 0 Å². The highest BCUT2D eigenvalue weighted by molar-refractivity contribution is 5.86. The van der Waals surface area contributed by atoms with E-state index in [2.05, 4.69) is 38.1 Å². The predicted molar refractivity (Wildman–Crippen MR) is 70.7 cm³/mol. The second-order valence-corrected chi connectivity index (χ2v) is 4.81. The Balaban J connectivity index is 2.19. The van der Waals surface area contributed by atoms with Gasteiger partial charge in [-0.3, -0.25) is 4.79 Å². The van der Waals surface area contributed by atoms with E-state index in [1.807, 2.05) is 12.1 Å². The van der Waals surface area contributed by atoms with Crippen molar-refractivity contribution >= 4 is 5.97 Å². The van der Waals surface area contributed by atoms with E-state index in [1.54, 1.807) is 0 Å². The van der Waals surface area contributed by atoms with E-state index < -0.39 is 0 Å². The molecule has 2 aromatic carbocycles. The molecule has 2 heteroatoms. The van der Waals surface area contributed by atoms with Crippen LogP contribution in [0.15, 0.2) is 36.4 Å². The van der Waals surface area contributed by atoms with Crippen LogP contribution in [0.4, 0.5) is 0 Å². The van der Waals surface area contributed by atoms with Crippen molar-refractivity contribution in [3.05, 3.63) is 53.1 Å². The molecule has 0 aromatic heterocycles. The maximum absolute atomic E-state index is 11.4. The molecule has 0 aliphatic carbocycles. The second-order valence-electron chi connectivity index (χ2n) is 4.81. The van der Waals surface area contributed by atoms with Crippen LogP contribution in [-0.2, 0) is 11.2 Å². The summed E-state index contributed by atoms with van der Waals surface area (Å²) in [5.41, 5.74) is 5.72. The van der Waals surface area contributed by atoms with Gasteiger partial charge in [-0.15, -0.1) is 0 Å². The zero-order valence-corrected chi connectivity index (χ0v) is 10.5. The first-order valence-corrected chi connectivity index (χ1v) is 6.05. The minimum atomic E-state index is -0.165. The van der Waals surface area contributed by atoms with Gasteiger partial charge in [0.05, 0.1) is 6.42 Å². The van der Waals surface area contributed by atoms with E-state index in [9.17, 15) is 4.79 Å². The highest BCUT2D eigenvalue weighted by Gasteiger charge is 2.23. The molecule has 0 radical (unpaired) electrons. The smallest absolute Gasteiger partial charge is 0.315 e. The van der Waals surface area contributed by atoms with E-state index in [0.29, 0.717) is 12.2 Å². The van der Waals surface area contributed by atoms with Gasteiger partial charge in [-0.1, -0.05) is 41.5 Å². The zero-order valence-electron chi connectivity index (χ0n) is 10.5. The van der Waals surface area contributed by atoms with Gasteiger partial charge in [0.25, 0.3) is 0 Å². The number of aryl methyl sites for hydroxylation is 2. The first-order chi connectivity index (χ1) is 8.63. The molecular formula is C16H14O2. The minimum absolute atomic E-state index is 0.165. The number of carbonyl (C=O) groups is 1. The van der Waals surface area contributed by atoms with Crippen LogP contribution >= 0.6 is 0 Å². The van der Waals surface area contributed by atoms with Gasteiger partial charge in [0.1, 0.15) is 5.75 Å². The number of ether oxygens (including phenoxy) is 1. The summed E-state index contributed by atoms with van der Waals surface area (Å²) in [5, 5.41) is 0. The third-order valence-electron chi connectivity index (χ3n) is 3.21. The summed E-state index contributed by atoms with van der Waals surface area (Å²) in [6.45, 7) is 4.17. The topological polar surface area (TPSA) is 26.3 Å². The Morgan fingerprint density at radius 3 is 2.50 bits per heavy atom. The third kappa shape index (κ3) is 1.80. The lowest BCUT2D eigenvalue weighted by atomic mass is 9.95. The lowest BCUT2D eigenvalue weighted by Crippen LogP contribution is -2.00. The van der Waals surface area contributed by atoms with E-state index >= 15 is 0 Å². The molecule has 1 aliphatic rings. The predicted octanol–water partition coefficient (Wildman–Crippen LogP) is 3.43. The van der Waals surface area contributed by atoms with Crippen molar-refractivity contribution in [3.63, 3.8) is 0 Å². The molecule has 0 atom stereocenters. The molecule has 2 aromatic rings. The van der Waals surface area contributed by atoms with Crippen LogP contribution < -0.4 is 4.74 Å². The molecule has 0 unspecified atom stereocenters. The monoisotopic (exact) mass is 238 g/mol. The lowest BCUT2D eigenvalue weighted by Gasteiger charge is -2.08. The van der Waals surface area contributed by atoms with Crippen LogP contribution in [0.3, 0.4) is 0 Å². The fraction of sp³-hybridized carbons (Fsp3) is 0.188. The van der Waals surface area contributed by atoms with Gasteiger partial charge in [0, 0.05) is 5.56 Å². The third-order valence-corrected chi connectivity index (χ3v) is 3.21. The highest BCUT2D eigenvalue weighted by Crippen LogP contribution is 2.35. The van der Waals surface area contributed by atoms with Crippen LogP contribution in [0, 0.1) is 13.8 Å². The van der Waals surface area contributed by atoms with E-state index in [0.717, 1.165) is 16.7 Å². The number of rotatable bonds is 1. The molecule has 2 nitrogen and oxygen atoms in total. The van der Waals surface area contributed by atoms with Crippen molar-refractivity contribution in [1.29, 1.82) is 0 Å². The molecule has 0 N–H and O–H groups in total. The summed E-state index contributed by atoms with van der Waals surface area (Å²) in [5.74, 6) is 0.540. The molecule has 0 spiro atoms. The molecule has 0 fully saturated rings. The highest BCUT2D eigenvalue weighted by atomic mass is 16.5. The SMILES string of the molecule is Cc1cc(C)cc(-c2cccc3c2CC(=O)O3)c1. The van der Waals surface area contributed by atoms with Crippen molar-refractivity contribution in [2.45, 2.75) is 20.3 Å². The van der Waals surface area contributed by atoms with Gasteiger partial charge in [-0.05, 0) is 31.0 Å². The maximum Gasteiger partial charge on any atom is 0.315 e. The summed E-state index contributed by atoms with van der Waals surface area (Å²) in [6, 6.07) is 12.3. The molecule has 1 heterocycles. The molecule has 3 rings (SSSR count). The average Bonchev–Trinajstić information content (AvgIpc) is 2.67. The van der Waals surface area contributed by atoms with Gasteiger partial charge >= 0.3 is 5.97 Å². The van der Waals surface area contributed by atoms with Gasteiger partial charge in [0.2, 0.25) is 0 Å². The zero-order chi connectivity index (χ0) is 12.7. The van der Waals surface area contributed by atoms with Crippen LogP contribution in [0.25, 0.3) is 11.1 Å². The Kier molecular flexibility index (Phi) is 2.44. The van der Waals surface area contributed by atoms with E-state index in [-0.39, 0.29) is 5.97 Å². The van der Waals surface area contributed by atoms with Gasteiger partial charge in [-0.25, -0.2) is 0 Å². The fourth-order valence-electron chi connectivity index (χ4n) is 2.55. The van der Waals surface area contributed by atoms with Crippen molar-refractivity contribution < 1.29 is 9.53 Å². The maximum atomic E-state index is 11.4. The summed E-state index contributed by atoms with van der Waals surface area (Å²) >= 11 is 0. The largest absolute Gasteiger partial charge is 0.426 e. The fourth-order valence-corrected chi connectivity index (χ4v) is 2.55. The number of esters is 1. The summed E-state index contributed by atoms with van der Waals surface area (Å²) in [4.78, 5) is 11.4. The summed E-state index contributed by atoms with van der Waals surface area (Å²) < 4.78 is 5.19. The van der Waals surface area contributed by atoms with Gasteiger partial charge in [-0.2, -0.15) is 0 Å². The van der Waals surface area contributed by atoms with Gasteiger partial charge in [0.15, 0.2) is 0 Å². The molecule has 1 aliphatic heterocycles. The first-order valence-electron chi connectivity index (χ1n) is 6.05. The molecular weight excluding hydrogens is 224 g/mol. The second kappa shape index (κ2) is 3.98.